The summed E-state index contributed by atoms with van der Waals surface area (Å²) in [7, 11) is 0. The first kappa shape index (κ1) is 13.3. The maximum atomic E-state index is 13.4. The van der Waals surface area contributed by atoms with Gasteiger partial charge in [-0.15, -0.1) is 0 Å². The minimum Gasteiger partial charge on any atom is -0.207 e. The molecule has 0 radical (unpaired) electrons. The molecule has 0 saturated carbocycles. The highest BCUT2D eigenvalue weighted by Gasteiger charge is 2.34. The fraction of sp³-hybridized carbons (Fsp3) is 0.455. The number of hydrogen-bond acceptors (Lipinski definition) is 0. The van der Waals surface area contributed by atoms with E-state index in [1.54, 1.807) is 6.92 Å². The van der Waals surface area contributed by atoms with Crippen LogP contribution in [-0.2, 0) is 6.18 Å². The van der Waals surface area contributed by atoms with Gasteiger partial charge in [-0.05, 0) is 30.0 Å². The number of alkyl halides is 3. The van der Waals surface area contributed by atoms with Crippen LogP contribution in [0.4, 0.5) is 17.6 Å². The second kappa shape index (κ2) is 4.62. The van der Waals surface area contributed by atoms with Crippen molar-refractivity contribution in [1.29, 1.82) is 0 Å². The molecule has 0 amide bonds. The van der Waals surface area contributed by atoms with E-state index in [4.69, 9.17) is 11.6 Å². The molecule has 1 aromatic rings. The molecule has 0 aliphatic rings. The molecule has 0 spiro atoms. The average molecular weight is 255 g/mol. The minimum absolute atomic E-state index is 0.153. The topological polar surface area (TPSA) is 0 Å². The van der Waals surface area contributed by atoms with Gasteiger partial charge in [0.15, 0.2) is 0 Å². The van der Waals surface area contributed by atoms with Crippen LogP contribution in [-0.4, -0.2) is 0 Å². The SMILES string of the molecule is CCC(C)c1cc(Cl)c(C(F)(F)F)cc1F. The molecule has 0 heterocycles. The molecule has 0 N–H and O–H groups in total. The lowest BCUT2D eigenvalue weighted by atomic mass is 9.97. The van der Waals surface area contributed by atoms with Gasteiger partial charge < -0.3 is 0 Å². The lowest BCUT2D eigenvalue weighted by Gasteiger charge is -2.14. The third kappa shape index (κ3) is 2.67. The molecule has 0 saturated heterocycles. The largest absolute Gasteiger partial charge is 0.417 e. The van der Waals surface area contributed by atoms with E-state index in [0.717, 1.165) is 6.07 Å². The molecule has 5 heteroatoms. The highest BCUT2D eigenvalue weighted by Crippen LogP contribution is 2.37. The molecule has 0 aromatic heterocycles. The highest BCUT2D eigenvalue weighted by atomic mass is 35.5. The summed E-state index contributed by atoms with van der Waals surface area (Å²) in [5, 5.41) is -0.454. The predicted octanol–water partition coefficient (Wildman–Crippen LogP) is 5.01. The van der Waals surface area contributed by atoms with E-state index in [1.807, 2.05) is 6.92 Å². The second-order valence-corrected chi connectivity index (χ2v) is 4.07. The average Bonchev–Trinajstić information content (AvgIpc) is 2.18. The van der Waals surface area contributed by atoms with E-state index in [1.165, 1.54) is 0 Å². The van der Waals surface area contributed by atoms with Crippen LogP contribution in [0.1, 0.15) is 37.3 Å². The molecule has 1 aromatic carbocycles. The van der Waals surface area contributed by atoms with Gasteiger partial charge in [-0.3, -0.25) is 0 Å². The molecule has 0 aliphatic heterocycles. The number of halogens is 5. The Kier molecular flexibility index (Phi) is 3.84. The molecule has 1 rings (SSSR count). The first-order chi connectivity index (χ1) is 7.27. The Balaban J connectivity index is 3.28. The zero-order valence-electron chi connectivity index (χ0n) is 8.83. The van der Waals surface area contributed by atoms with E-state index in [-0.39, 0.29) is 11.5 Å². The van der Waals surface area contributed by atoms with Crippen molar-refractivity contribution in [1.82, 2.24) is 0 Å². The first-order valence-electron chi connectivity index (χ1n) is 4.83. The highest BCUT2D eigenvalue weighted by molar-refractivity contribution is 6.31. The van der Waals surface area contributed by atoms with E-state index < -0.39 is 22.6 Å². The van der Waals surface area contributed by atoms with Gasteiger partial charge in [0, 0.05) is 0 Å². The van der Waals surface area contributed by atoms with Crippen LogP contribution in [0, 0.1) is 5.82 Å². The lowest BCUT2D eigenvalue weighted by molar-refractivity contribution is -0.137. The molecular weight excluding hydrogens is 244 g/mol. The summed E-state index contributed by atoms with van der Waals surface area (Å²) in [6, 6.07) is 1.53. The van der Waals surface area contributed by atoms with Crippen LogP contribution < -0.4 is 0 Å². The zero-order valence-corrected chi connectivity index (χ0v) is 9.58. The van der Waals surface area contributed by atoms with Crippen molar-refractivity contribution in [2.75, 3.05) is 0 Å². The van der Waals surface area contributed by atoms with E-state index in [9.17, 15) is 17.6 Å². The van der Waals surface area contributed by atoms with Crippen LogP contribution in [0.3, 0.4) is 0 Å². The van der Waals surface area contributed by atoms with Crippen molar-refractivity contribution < 1.29 is 17.6 Å². The first-order valence-corrected chi connectivity index (χ1v) is 5.21. The van der Waals surface area contributed by atoms with Crippen molar-refractivity contribution in [2.24, 2.45) is 0 Å². The van der Waals surface area contributed by atoms with Crippen molar-refractivity contribution in [2.45, 2.75) is 32.4 Å². The molecule has 90 valence electrons. The Bertz CT molecular complexity index is 384. The molecule has 0 bridgehead atoms. The molecule has 1 atom stereocenters. The standard InChI is InChI=1S/C11H11ClF4/c1-3-6(2)7-4-9(12)8(5-10(7)13)11(14,15)16/h4-6H,3H2,1-2H3. The van der Waals surface area contributed by atoms with Gasteiger partial charge >= 0.3 is 6.18 Å². The van der Waals surface area contributed by atoms with Crippen molar-refractivity contribution >= 4 is 11.6 Å². The summed E-state index contributed by atoms with van der Waals surface area (Å²) in [5.41, 5.74) is -0.904. The smallest absolute Gasteiger partial charge is 0.207 e. The third-order valence-corrected chi connectivity index (χ3v) is 2.85. The summed E-state index contributed by atoms with van der Waals surface area (Å²) in [5.74, 6) is -1.01. The van der Waals surface area contributed by atoms with Crippen molar-refractivity contribution in [3.05, 3.63) is 34.1 Å². The second-order valence-electron chi connectivity index (χ2n) is 3.66. The Morgan fingerprint density at radius 1 is 1.31 bits per heavy atom. The quantitative estimate of drug-likeness (QED) is 0.651. The van der Waals surface area contributed by atoms with Gasteiger partial charge in [0.1, 0.15) is 5.82 Å². The fourth-order valence-corrected chi connectivity index (χ4v) is 1.66. The molecular formula is C11H11ClF4. The monoisotopic (exact) mass is 254 g/mol. The van der Waals surface area contributed by atoms with E-state index >= 15 is 0 Å². The summed E-state index contributed by atoms with van der Waals surface area (Å²) >= 11 is 5.50. The Morgan fingerprint density at radius 2 is 1.88 bits per heavy atom. The summed E-state index contributed by atoms with van der Waals surface area (Å²) in [4.78, 5) is 0. The van der Waals surface area contributed by atoms with Gasteiger partial charge in [-0.25, -0.2) is 4.39 Å². The fourth-order valence-electron chi connectivity index (χ4n) is 1.38. The number of benzene rings is 1. The Morgan fingerprint density at radius 3 is 2.31 bits per heavy atom. The van der Waals surface area contributed by atoms with Crippen molar-refractivity contribution in [3.63, 3.8) is 0 Å². The van der Waals surface area contributed by atoms with Crippen LogP contribution in [0.25, 0.3) is 0 Å². The van der Waals surface area contributed by atoms with E-state index in [0.29, 0.717) is 12.5 Å². The van der Waals surface area contributed by atoms with Gasteiger partial charge in [-0.1, -0.05) is 25.4 Å². The summed E-state index contributed by atoms with van der Waals surface area (Å²) in [6.45, 7) is 3.57. The zero-order chi connectivity index (χ0) is 12.5. The predicted molar refractivity (Wildman–Crippen MR) is 55.1 cm³/mol. The van der Waals surface area contributed by atoms with Crippen LogP contribution in [0.2, 0.25) is 5.02 Å². The molecule has 1 unspecified atom stereocenters. The number of rotatable bonds is 2. The third-order valence-electron chi connectivity index (χ3n) is 2.54. The van der Waals surface area contributed by atoms with Crippen LogP contribution in [0.15, 0.2) is 12.1 Å². The van der Waals surface area contributed by atoms with Gasteiger partial charge in [-0.2, -0.15) is 13.2 Å². The van der Waals surface area contributed by atoms with Gasteiger partial charge in [0.05, 0.1) is 10.6 Å². The maximum Gasteiger partial charge on any atom is 0.417 e. The normalized spacial score (nSPS) is 13.9. The van der Waals surface area contributed by atoms with E-state index in [2.05, 4.69) is 0 Å². The molecule has 0 fully saturated rings. The van der Waals surface area contributed by atoms with Gasteiger partial charge in [0.25, 0.3) is 0 Å². The Labute approximate surface area is 96.2 Å². The Hall–Kier alpha value is -0.770. The molecule has 16 heavy (non-hydrogen) atoms. The van der Waals surface area contributed by atoms with Crippen molar-refractivity contribution in [3.8, 4) is 0 Å². The van der Waals surface area contributed by atoms with Crippen LogP contribution >= 0.6 is 11.6 Å². The summed E-state index contributed by atoms with van der Waals surface area (Å²) < 4.78 is 50.6. The summed E-state index contributed by atoms with van der Waals surface area (Å²) in [6.07, 6.45) is -3.98. The van der Waals surface area contributed by atoms with Crippen LogP contribution in [0.5, 0.6) is 0 Å². The number of hydrogen-bond donors (Lipinski definition) is 0. The minimum atomic E-state index is -4.62. The maximum absolute atomic E-state index is 13.4. The van der Waals surface area contributed by atoms with Gasteiger partial charge in [0.2, 0.25) is 0 Å². The lowest BCUT2D eigenvalue weighted by Crippen LogP contribution is -2.08. The molecule has 0 aliphatic carbocycles. The molecule has 0 nitrogen and oxygen atoms in total.